The van der Waals surface area contributed by atoms with Crippen LogP contribution < -0.4 is 0 Å². The van der Waals surface area contributed by atoms with Gasteiger partial charge in [-0.25, -0.2) is 4.98 Å². The number of aromatic amines is 1. The summed E-state index contributed by atoms with van der Waals surface area (Å²) in [5.41, 5.74) is 0. The first-order valence-electron chi connectivity index (χ1n) is 5.62. The molecule has 1 heterocycles. The highest BCUT2D eigenvalue weighted by atomic mass is 32.2. The summed E-state index contributed by atoms with van der Waals surface area (Å²) in [5, 5.41) is 0. The lowest BCUT2D eigenvalue weighted by atomic mass is 10.4. The highest BCUT2D eigenvalue weighted by molar-refractivity contribution is 7.98. The molecule has 0 aromatic carbocycles. The molecule has 0 radical (unpaired) electrons. The van der Waals surface area contributed by atoms with E-state index in [1.54, 1.807) is 24.9 Å². The summed E-state index contributed by atoms with van der Waals surface area (Å²) in [6.07, 6.45) is 5.02. The van der Waals surface area contributed by atoms with Gasteiger partial charge < -0.3 is 14.6 Å². The fourth-order valence-electron chi connectivity index (χ4n) is 1.35. The van der Waals surface area contributed by atoms with Crippen LogP contribution in [0.25, 0.3) is 0 Å². The van der Waals surface area contributed by atoms with Crippen molar-refractivity contribution in [3.63, 3.8) is 0 Å². The summed E-state index contributed by atoms with van der Waals surface area (Å²) in [6.45, 7) is 2.48. The van der Waals surface area contributed by atoms with Gasteiger partial charge in [0.1, 0.15) is 6.54 Å². The minimum absolute atomic E-state index is 0.0477. The van der Waals surface area contributed by atoms with Crippen LogP contribution >= 0.6 is 11.8 Å². The van der Waals surface area contributed by atoms with Gasteiger partial charge >= 0.3 is 5.97 Å². The Balaban J connectivity index is 2.65. The van der Waals surface area contributed by atoms with E-state index >= 15 is 0 Å². The molecule has 0 saturated carbocycles. The molecular weight excluding hydrogens is 254 g/mol. The van der Waals surface area contributed by atoms with E-state index in [4.69, 9.17) is 4.74 Å². The largest absolute Gasteiger partial charge is 0.465 e. The molecule has 6 nitrogen and oxygen atoms in total. The number of carbonyl (C=O) groups excluding carboxylic acids is 2. The zero-order valence-corrected chi connectivity index (χ0v) is 11.3. The Kier molecular flexibility index (Phi) is 6.27. The second-order valence-corrected chi connectivity index (χ2v) is 4.45. The van der Waals surface area contributed by atoms with E-state index < -0.39 is 5.97 Å². The Morgan fingerprint density at radius 3 is 2.89 bits per heavy atom. The number of nitrogens with zero attached hydrogens (tertiary/aromatic N) is 2. The highest BCUT2D eigenvalue weighted by Crippen LogP contribution is 2.02. The first kappa shape index (κ1) is 14.6. The van der Waals surface area contributed by atoms with Crippen LogP contribution in [0.3, 0.4) is 0 Å². The van der Waals surface area contributed by atoms with Crippen LogP contribution in [0, 0.1) is 0 Å². The van der Waals surface area contributed by atoms with Crippen LogP contribution in [0.15, 0.2) is 12.4 Å². The second kappa shape index (κ2) is 7.75. The molecule has 0 aliphatic rings. The predicted molar refractivity (Wildman–Crippen MR) is 69.5 cm³/mol. The van der Waals surface area contributed by atoms with Crippen LogP contribution in [0.4, 0.5) is 0 Å². The molecule has 0 atom stereocenters. The van der Waals surface area contributed by atoms with Gasteiger partial charge in [0, 0.05) is 24.7 Å². The number of esters is 1. The van der Waals surface area contributed by atoms with Crippen molar-refractivity contribution in [2.45, 2.75) is 6.92 Å². The van der Waals surface area contributed by atoms with Crippen molar-refractivity contribution in [1.82, 2.24) is 14.9 Å². The normalized spacial score (nSPS) is 10.1. The third-order valence-corrected chi connectivity index (χ3v) is 2.77. The lowest BCUT2D eigenvalue weighted by molar-refractivity contribution is -0.143. The summed E-state index contributed by atoms with van der Waals surface area (Å²) in [5.74, 6) is 0.298. The van der Waals surface area contributed by atoms with Gasteiger partial charge in [0.15, 0.2) is 5.82 Å². The maximum atomic E-state index is 12.1. The zero-order chi connectivity index (χ0) is 13.4. The number of hydrogen-bond donors (Lipinski definition) is 1. The number of hydrogen-bond acceptors (Lipinski definition) is 5. The molecule has 0 fully saturated rings. The van der Waals surface area contributed by atoms with Gasteiger partial charge in [-0.1, -0.05) is 0 Å². The summed E-state index contributed by atoms with van der Waals surface area (Å²) < 4.78 is 4.85. The van der Waals surface area contributed by atoms with E-state index in [2.05, 4.69) is 9.97 Å². The average molecular weight is 271 g/mol. The molecule has 0 spiro atoms. The number of H-pyrrole nitrogens is 1. The molecule has 0 unspecified atom stereocenters. The van der Waals surface area contributed by atoms with Crippen molar-refractivity contribution >= 4 is 23.6 Å². The molecule has 7 heteroatoms. The maximum Gasteiger partial charge on any atom is 0.325 e. The Morgan fingerprint density at radius 1 is 1.56 bits per heavy atom. The number of thioether (sulfide) groups is 1. The van der Waals surface area contributed by atoms with Gasteiger partial charge in [-0.3, -0.25) is 9.59 Å². The van der Waals surface area contributed by atoms with Crippen molar-refractivity contribution in [3.8, 4) is 0 Å². The first-order chi connectivity index (χ1) is 8.69. The van der Waals surface area contributed by atoms with E-state index in [1.807, 2.05) is 6.26 Å². The average Bonchev–Trinajstić information content (AvgIpc) is 2.87. The van der Waals surface area contributed by atoms with Crippen LogP contribution in [-0.2, 0) is 9.53 Å². The minimum atomic E-state index is -0.404. The number of carbonyl (C=O) groups is 2. The number of imidazole rings is 1. The molecule has 1 rings (SSSR count). The first-order valence-corrected chi connectivity index (χ1v) is 7.01. The van der Waals surface area contributed by atoms with E-state index in [9.17, 15) is 9.59 Å². The fraction of sp³-hybridized carbons (Fsp3) is 0.545. The summed E-state index contributed by atoms with van der Waals surface area (Å²) in [7, 11) is 0. The van der Waals surface area contributed by atoms with Gasteiger partial charge in [0.2, 0.25) is 0 Å². The minimum Gasteiger partial charge on any atom is -0.465 e. The molecule has 0 aliphatic carbocycles. The van der Waals surface area contributed by atoms with Gasteiger partial charge in [-0.2, -0.15) is 11.8 Å². The lowest BCUT2D eigenvalue weighted by Gasteiger charge is -2.20. The number of ether oxygens (including phenoxy) is 1. The van der Waals surface area contributed by atoms with Crippen molar-refractivity contribution < 1.29 is 14.3 Å². The van der Waals surface area contributed by atoms with Crippen molar-refractivity contribution in [3.05, 3.63) is 18.2 Å². The molecule has 0 aliphatic heterocycles. The van der Waals surface area contributed by atoms with Crippen LogP contribution in [0.5, 0.6) is 0 Å². The van der Waals surface area contributed by atoms with Crippen molar-refractivity contribution in [2.24, 2.45) is 0 Å². The number of amides is 1. The smallest absolute Gasteiger partial charge is 0.325 e. The maximum absolute atomic E-state index is 12.1. The fourth-order valence-corrected chi connectivity index (χ4v) is 1.75. The Morgan fingerprint density at radius 2 is 2.33 bits per heavy atom. The topological polar surface area (TPSA) is 75.3 Å². The molecule has 0 bridgehead atoms. The quantitative estimate of drug-likeness (QED) is 0.742. The zero-order valence-electron chi connectivity index (χ0n) is 10.5. The molecule has 1 aromatic heterocycles. The molecule has 18 heavy (non-hydrogen) atoms. The van der Waals surface area contributed by atoms with E-state index in [1.165, 1.54) is 11.1 Å². The predicted octanol–water partition coefficient (Wildman–Crippen LogP) is 0.778. The summed E-state index contributed by atoms with van der Waals surface area (Å²) >= 11 is 1.61. The molecule has 0 saturated heterocycles. The molecule has 1 aromatic rings. The second-order valence-electron chi connectivity index (χ2n) is 3.46. The Bertz CT molecular complexity index is 381. The van der Waals surface area contributed by atoms with Gasteiger partial charge in [0.25, 0.3) is 5.91 Å². The molecule has 1 amide bonds. The summed E-state index contributed by atoms with van der Waals surface area (Å²) in [4.78, 5) is 31.6. The molecule has 100 valence electrons. The number of aromatic nitrogens is 2. The lowest BCUT2D eigenvalue weighted by Crippen LogP contribution is -2.38. The molecule has 1 N–H and O–H groups in total. The van der Waals surface area contributed by atoms with Crippen LogP contribution in [-0.4, -0.2) is 58.4 Å². The Labute approximate surface area is 110 Å². The van der Waals surface area contributed by atoms with Crippen molar-refractivity contribution in [2.75, 3.05) is 31.7 Å². The SMILES string of the molecule is CCOC(=O)CN(CCSC)C(=O)c1ncc[nH]1. The van der Waals surface area contributed by atoms with E-state index in [0.29, 0.717) is 13.2 Å². The van der Waals surface area contributed by atoms with Gasteiger partial charge in [0.05, 0.1) is 6.61 Å². The monoisotopic (exact) mass is 271 g/mol. The Hall–Kier alpha value is -1.50. The van der Waals surface area contributed by atoms with E-state index in [-0.39, 0.29) is 18.3 Å². The highest BCUT2D eigenvalue weighted by Gasteiger charge is 2.20. The standard InChI is InChI=1S/C11H17N3O3S/c1-3-17-9(15)8-14(6-7-18-2)11(16)10-12-4-5-13-10/h4-5H,3,6-8H2,1-2H3,(H,12,13). The van der Waals surface area contributed by atoms with E-state index in [0.717, 1.165) is 5.75 Å². The number of nitrogens with one attached hydrogen (secondary N) is 1. The van der Waals surface area contributed by atoms with Crippen LogP contribution in [0.2, 0.25) is 0 Å². The number of rotatable bonds is 7. The van der Waals surface area contributed by atoms with Gasteiger partial charge in [-0.05, 0) is 13.2 Å². The third-order valence-electron chi connectivity index (χ3n) is 2.18. The third kappa shape index (κ3) is 4.40. The summed E-state index contributed by atoms with van der Waals surface area (Å²) in [6, 6.07) is 0. The van der Waals surface area contributed by atoms with Crippen molar-refractivity contribution in [1.29, 1.82) is 0 Å². The van der Waals surface area contributed by atoms with Gasteiger partial charge in [-0.15, -0.1) is 0 Å². The van der Waals surface area contributed by atoms with Crippen LogP contribution in [0.1, 0.15) is 17.5 Å². The molecular formula is C11H17N3O3S.